The van der Waals surface area contributed by atoms with Gasteiger partial charge in [0.25, 0.3) is 0 Å². The highest BCUT2D eigenvalue weighted by atomic mass is 16.6. The molecule has 0 saturated carbocycles. The lowest BCUT2D eigenvalue weighted by molar-refractivity contribution is -0.0567. The maximum atomic E-state index is 11.6. The summed E-state index contributed by atoms with van der Waals surface area (Å²) in [5, 5.41) is 0.878. The van der Waals surface area contributed by atoms with Gasteiger partial charge in [-0.15, -0.1) is 0 Å². The van der Waals surface area contributed by atoms with Crippen LogP contribution in [0.3, 0.4) is 0 Å². The van der Waals surface area contributed by atoms with Gasteiger partial charge in [-0.2, -0.15) is 0 Å². The molecule has 0 N–H and O–H groups in total. The molecule has 0 amide bonds. The van der Waals surface area contributed by atoms with Crippen LogP contribution in [0.25, 0.3) is 11.0 Å². The highest BCUT2D eigenvalue weighted by Gasteiger charge is 2.39. The van der Waals surface area contributed by atoms with Crippen molar-refractivity contribution < 1.29 is 13.9 Å². The van der Waals surface area contributed by atoms with E-state index in [-0.39, 0.29) is 11.7 Å². The summed E-state index contributed by atoms with van der Waals surface area (Å²) >= 11 is 0. The molecule has 1 aromatic carbocycles. The minimum Gasteiger partial charge on any atom is -0.486 e. The maximum absolute atomic E-state index is 11.6. The second kappa shape index (κ2) is 9.64. The Kier molecular flexibility index (Phi) is 7.12. The summed E-state index contributed by atoms with van der Waals surface area (Å²) in [7, 11) is 0. The molecule has 4 nitrogen and oxygen atoms in total. The van der Waals surface area contributed by atoms with Crippen molar-refractivity contribution in [2.24, 2.45) is 5.92 Å². The van der Waals surface area contributed by atoms with Crippen LogP contribution in [0.4, 0.5) is 0 Å². The van der Waals surface area contributed by atoms with E-state index in [1.807, 2.05) is 52.0 Å². The van der Waals surface area contributed by atoms with E-state index >= 15 is 0 Å². The van der Waals surface area contributed by atoms with Crippen LogP contribution >= 0.6 is 0 Å². The summed E-state index contributed by atoms with van der Waals surface area (Å²) in [6.07, 6.45) is 9.64. The lowest BCUT2D eigenvalue weighted by Gasteiger charge is -2.40. The number of hydrogen-bond acceptors (Lipinski definition) is 4. The summed E-state index contributed by atoms with van der Waals surface area (Å²) in [6, 6.07) is 7.06. The standard InChI is InChI=1S/C28H34O4/c1-8-19(9-2)14-18(5)22(10-3)23(11-4)30-26-16-21-15-20-12-13-27(29)31-24(20)17-25(21)32-28(26,6)7/h8-13,15,17-18,26H,1,14,16H2,2-7H3/b19-9+,22-10-,23-11?/t18?,26-/m0/s1. The largest absolute Gasteiger partial charge is 0.486 e. The maximum Gasteiger partial charge on any atom is 0.336 e. The zero-order valence-corrected chi connectivity index (χ0v) is 20.0. The van der Waals surface area contributed by atoms with Crippen molar-refractivity contribution in [2.75, 3.05) is 0 Å². The SMILES string of the molecule is C=C/C(=C\C)CC(C)/C(=C/C)C(=CC)O[C@H]1Cc2cc3ccc(=O)oc3cc2OC1(C)C. The molecule has 3 rings (SSSR count). The monoisotopic (exact) mass is 434 g/mol. The minimum absolute atomic E-state index is 0.169. The first kappa shape index (κ1) is 23.6. The molecule has 32 heavy (non-hydrogen) atoms. The minimum atomic E-state index is -0.554. The van der Waals surface area contributed by atoms with Gasteiger partial charge in [-0.1, -0.05) is 37.3 Å². The fourth-order valence-corrected chi connectivity index (χ4v) is 4.28. The van der Waals surface area contributed by atoms with E-state index in [1.54, 1.807) is 6.07 Å². The average Bonchev–Trinajstić information content (AvgIpc) is 2.75. The fraction of sp³-hybridized carbons (Fsp3) is 0.393. The second-order valence-electron chi connectivity index (χ2n) is 8.84. The number of hydrogen-bond donors (Lipinski definition) is 0. The first-order valence-corrected chi connectivity index (χ1v) is 11.2. The van der Waals surface area contributed by atoms with Crippen molar-refractivity contribution in [3.05, 3.63) is 88.0 Å². The molecule has 1 aliphatic rings. The lowest BCUT2D eigenvalue weighted by atomic mass is 9.89. The second-order valence-corrected chi connectivity index (χ2v) is 8.84. The predicted octanol–water partition coefficient (Wildman–Crippen LogP) is 6.90. The third-order valence-electron chi connectivity index (χ3n) is 6.19. The van der Waals surface area contributed by atoms with E-state index in [1.165, 1.54) is 17.2 Å². The van der Waals surface area contributed by atoms with Crippen LogP contribution in [-0.4, -0.2) is 11.7 Å². The van der Waals surface area contributed by atoms with Gasteiger partial charge in [-0.3, -0.25) is 0 Å². The Labute approximate surface area is 190 Å². The van der Waals surface area contributed by atoms with E-state index in [9.17, 15) is 4.79 Å². The Balaban J connectivity index is 1.88. The molecule has 4 heteroatoms. The van der Waals surface area contributed by atoms with Crippen molar-refractivity contribution in [3.8, 4) is 5.75 Å². The molecule has 170 valence electrons. The van der Waals surface area contributed by atoms with Crippen LogP contribution < -0.4 is 10.4 Å². The average molecular weight is 435 g/mol. The number of ether oxygens (including phenoxy) is 2. The van der Waals surface area contributed by atoms with Crippen LogP contribution in [0.2, 0.25) is 0 Å². The highest BCUT2D eigenvalue weighted by molar-refractivity contribution is 5.79. The van der Waals surface area contributed by atoms with Crippen molar-refractivity contribution in [3.63, 3.8) is 0 Å². The van der Waals surface area contributed by atoms with Crippen LogP contribution in [-0.2, 0) is 11.2 Å². The summed E-state index contributed by atoms with van der Waals surface area (Å²) in [5.74, 6) is 1.92. The zero-order chi connectivity index (χ0) is 23.5. The lowest BCUT2D eigenvalue weighted by Crippen LogP contribution is -2.48. The molecular weight excluding hydrogens is 400 g/mol. The summed E-state index contributed by atoms with van der Waals surface area (Å²) < 4.78 is 18.3. The van der Waals surface area contributed by atoms with Gasteiger partial charge in [-0.25, -0.2) is 4.79 Å². The molecule has 0 bridgehead atoms. The number of allylic oxidation sites excluding steroid dienone is 6. The number of fused-ring (bicyclic) bond motifs is 2. The number of benzene rings is 1. The molecule has 1 aliphatic heterocycles. The topological polar surface area (TPSA) is 48.7 Å². The third kappa shape index (κ3) is 4.90. The Bertz CT molecular complexity index is 1140. The van der Waals surface area contributed by atoms with Crippen molar-refractivity contribution in [1.29, 1.82) is 0 Å². The van der Waals surface area contributed by atoms with Gasteiger partial charge < -0.3 is 13.9 Å². The van der Waals surface area contributed by atoms with E-state index in [4.69, 9.17) is 13.9 Å². The van der Waals surface area contributed by atoms with Crippen LogP contribution in [0.5, 0.6) is 5.75 Å². The first-order chi connectivity index (χ1) is 15.2. The molecule has 2 atom stereocenters. The molecule has 0 fully saturated rings. The molecule has 2 aromatic rings. The summed E-state index contributed by atoms with van der Waals surface area (Å²) in [4.78, 5) is 11.6. The van der Waals surface area contributed by atoms with E-state index in [0.717, 1.165) is 28.9 Å². The normalized spacial score (nSPS) is 19.8. The Morgan fingerprint density at radius 2 is 1.97 bits per heavy atom. The Morgan fingerprint density at radius 1 is 1.22 bits per heavy atom. The zero-order valence-electron chi connectivity index (χ0n) is 20.0. The molecule has 0 radical (unpaired) electrons. The van der Waals surface area contributed by atoms with Crippen molar-refractivity contribution in [2.45, 2.75) is 66.1 Å². The van der Waals surface area contributed by atoms with E-state index in [0.29, 0.717) is 17.9 Å². The molecule has 0 spiro atoms. The summed E-state index contributed by atoms with van der Waals surface area (Å²) in [5.41, 5.74) is 3.06. The van der Waals surface area contributed by atoms with Gasteiger partial charge in [-0.05, 0) is 76.3 Å². The van der Waals surface area contributed by atoms with Gasteiger partial charge in [0.1, 0.15) is 28.8 Å². The van der Waals surface area contributed by atoms with Gasteiger partial charge in [0, 0.05) is 23.9 Å². The molecule has 2 heterocycles. The molecule has 0 saturated heterocycles. The predicted molar refractivity (Wildman–Crippen MR) is 131 cm³/mol. The smallest absolute Gasteiger partial charge is 0.336 e. The Morgan fingerprint density at radius 3 is 2.59 bits per heavy atom. The van der Waals surface area contributed by atoms with Gasteiger partial charge >= 0.3 is 5.63 Å². The van der Waals surface area contributed by atoms with E-state index < -0.39 is 5.60 Å². The number of rotatable bonds is 7. The highest BCUT2D eigenvalue weighted by Crippen LogP contribution is 2.39. The van der Waals surface area contributed by atoms with Crippen molar-refractivity contribution >= 4 is 11.0 Å². The van der Waals surface area contributed by atoms with E-state index in [2.05, 4.69) is 32.6 Å². The van der Waals surface area contributed by atoms with Gasteiger partial charge in [0.15, 0.2) is 0 Å². The fourth-order valence-electron chi connectivity index (χ4n) is 4.28. The first-order valence-electron chi connectivity index (χ1n) is 11.2. The van der Waals surface area contributed by atoms with Crippen LogP contribution in [0.15, 0.2) is 81.3 Å². The summed E-state index contributed by atoms with van der Waals surface area (Å²) in [6.45, 7) is 16.3. The molecule has 1 unspecified atom stereocenters. The third-order valence-corrected chi connectivity index (χ3v) is 6.19. The van der Waals surface area contributed by atoms with Gasteiger partial charge in [0.2, 0.25) is 0 Å². The molecule has 0 aliphatic carbocycles. The molecule has 1 aromatic heterocycles. The quantitative estimate of drug-likeness (QED) is 0.270. The van der Waals surface area contributed by atoms with Gasteiger partial charge in [0.05, 0.1) is 0 Å². The van der Waals surface area contributed by atoms with Crippen molar-refractivity contribution in [1.82, 2.24) is 0 Å². The Hall–Kier alpha value is -3.01. The molecular formula is C28H34O4. The van der Waals surface area contributed by atoms with Crippen LogP contribution in [0.1, 0.15) is 53.5 Å². The van der Waals surface area contributed by atoms with Crippen LogP contribution in [0, 0.1) is 5.92 Å².